The maximum atomic E-state index is 11.8. The SMILES string of the molecule is COc1cc(N2C(=S)N[C@@H](c3ccccn3)[C@@H]2c2ccc(-c3cc(Cl)ccc3C)o2)ccc1NS(C)(=O)=O. The van der Waals surface area contributed by atoms with Crippen molar-refractivity contribution in [1.29, 1.82) is 0 Å². The van der Waals surface area contributed by atoms with Crippen LogP contribution in [0.4, 0.5) is 11.4 Å². The summed E-state index contributed by atoms with van der Waals surface area (Å²) in [6.45, 7) is 2.00. The highest BCUT2D eigenvalue weighted by Crippen LogP contribution is 2.44. The van der Waals surface area contributed by atoms with Crippen LogP contribution in [-0.4, -0.2) is 31.9 Å². The second kappa shape index (κ2) is 10.3. The molecule has 5 rings (SSSR count). The number of sulfonamides is 1. The highest BCUT2D eigenvalue weighted by molar-refractivity contribution is 7.92. The molecule has 8 nitrogen and oxygen atoms in total. The van der Waals surface area contributed by atoms with Gasteiger partial charge < -0.3 is 19.4 Å². The van der Waals surface area contributed by atoms with Crippen LogP contribution in [0.25, 0.3) is 11.3 Å². The molecule has 1 fully saturated rings. The van der Waals surface area contributed by atoms with Crippen molar-refractivity contribution in [2.75, 3.05) is 23.0 Å². The van der Waals surface area contributed by atoms with Gasteiger partial charge in [0.1, 0.15) is 23.3 Å². The molecule has 1 aliphatic rings. The van der Waals surface area contributed by atoms with Gasteiger partial charge in [-0.2, -0.15) is 0 Å². The summed E-state index contributed by atoms with van der Waals surface area (Å²) in [4.78, 5) is 6.49. The third kappa shape index (κ3) is 5.20. The van der Waals surface area contributed by atoms with Crippen molar-refractivity contribution < 1.29 is 17.6 Å². The van der Waals surface area contributed by atoms with Crippen LogP contribution in [-0.2, 0) is 10.0 Å². The highest BCUT2D eigenvalue weighted by Gasteiger charge is 2.43. The minimum Gasteiger partial charge on any atom is -0.494 e. The number of ether oxygens (including phenoxy) is 1. The number of anilines is 2. The number of pyridine rings is 1. The van der Waals surface area contributed by atoms with E-state index in [9.17, 15) is 8.42 Å². The van der Waals surface area contributed by atoms with Crippen molar-refractivity contribution in [1.82, 2.24) is 10.3 Å². The van der Waals surface area contributed by atoms with Gasteiger partial charge in [0.2, 0.25) is 10.0 Å². The van der Waals surface area contributed by atoms with E-state index in [2.05, 4.69) is 15.0 Å². The molecule has 0 amide bonds. The average molecular weight is 569 g/mol. The smallest absolute Gasteiger partial charge is 0.229 e. The Bertz CT molecular complexity index is 1610. The van der Waals surface area contributed by atoms with E-state index in [4.69, 9.17) is 33.0 Å². The fourth-order valence-corrected chi connectivity index (χ4v) is 5.64. The molecule has 2 N–H and O–H groups in total. The van der Waals surface area contributed by atoms with Crippen molar-refractivity contribution in [2.24, 2.45) is 0 Å². The second-order valence-electron chi connectivity index (χ2n) is 8.92. The van der Waals surface area contributed by atoms with Crippen molar-refractivity contribution in [3.63, 3.8) is 0 Å². The summed E-state index contributed by atoms with van der Waals surface area (Å²) in [5.41, 5.74) is 3.75. The lowest BCUT2D eigenvalue weighted by molar-refractivity contribution is 0.416. The maximum absolute atomic E-state index is 11.8. The predicted molar refractivity (Wildman–Crippen MR) is 153 cm³/mol. The fourth-order valence-electron chi connectivity index (χ4n) is 4.55. The number of hydrogen-bond acceptors (Lipinski definition) is 6. The normalized spacial score (nSPS) is 17.4. The quantitative estimate of drug-likeness (QED) is 0.268. The van der Waals surface area contributed by atoms with E-state index in [-0.39, 0.29) is 6.04 Å². The highest BCUT2D eigenvalue weighted by atomic mass is 35.5. The number of furan rings is 1. The molecule has 0 aliphatic carbocycles. The Morgan fingerprint density at radius 3 is 2.66 bits per heavy atom. The molecule has 0 unspecified atom stereocenters. The molecule has 0 radical (unpaired) electrons. The summed E-state index contributed by atoms with van der Waals surface area (Å²) in [6, 6.07) is 19.7. The van der Waals surface area contributed by atoms with Gasteiger partial charge in [-0.05, 0) is 73.2 Å². The van der Waals surface area contributed by atoms with Crippen LogP contribution in [0.5, 0.6) is 5.75 Å². The fraction of sp³-hybridized carbons (Fsp3) is 0.185. The second-order valence-corrected chi connectivity index (χ2v) is 11.5. The molecule has 0 spiro atoms. The summed E-state index contributed by atoms with van der Waals surface area (Å²) in [6.07, 6.45) is 2.82. The Morgan fingerprint density at radius 2 is 1.95 bits per heavy atom. The van der Waals surface area contributed by atoms with Crippen molar-refractivity contribution in [3.8, 4) is 17.1 Å². The summed E-state index contributed by atoms with van der Waals surface area (Å²) in [5, 5.41) is 4.48. The van der Waals surface area contributed by atoms with Gasteiger partial charge in [-0.3, -0.25) is 9.71 Å². The number of halogens is 1. The molecule has 196 valence electrons. The molecular weight excluding hydrogens is 544 g/mol. The molecule has 1 aliphatic heterocycles. The number of rotatable bonds is 7. The lowest BCUT2D eigenvalue weighted by atomic mass is 10.0. The van der Waals surface area contributed by atoms with Gasteiger partial charge in [-0.15, -0.1) is 0 Å². The average Bonchev–Trinajstić information content (AvgIpc) is 3.50. The van der Waals surface area contributed by atoms with Crippen LogP contribution < -0.4 is 19.7 Å². The molecule has 38 heavy (non-hydrogen) atoms. The molecule has 4 aromatic rings. The number of benzene rings is 2. The minimum absolute atomic E-state index is 0.317. The molecule has 11 heteroatoms. The number of nitrogens with one attached hydrogen (secondary N) is 2. The van der Waals surface area contributed by atoms with Gasteiger partial charge in [0.15, 0.2) is 5.11 Å². The van der Waals surface area contributed by atoms with Crippen LogP contribution in [0.1, 0.15) is 29.1 Å². The van der Waals surface area contributed by atoms with Crippen LogP contribution in [0.2, 0.25) is 5.02 Å². The molecule has 1 saturated heterocycles. The first-order chi connectivity index (χ1) is 18.1. The number of nitrogens with zero attached hydrogens (tertiary/aromatic N) is 2. The Balaban J connectivity index is 1.61. The number of hydrogen-bond donors (Lipinski definition) is 2. The van der Waals surface area contributed by atoms with E-state index in [1.165, 1.54) is 7.11 Å². The zero-order valence-electron chi connectivity index (χ0n) is 20.8. The minimum atomic E-state index is -3.50. The molecule has 2 aromatic carbocycles. The number of thiocarbonyl (C=S) groups is 1. The molecule has 2 aromatic heterocycles. The van der Waals surface area contributed by atoms with E-state index in [1.54, 1.807) is 24.4 Å². The standard InChI is InChI=1S/C27H25ClN4O4S2/c1-16-7-8-17(28)14-19(16)22-11-12-23(36-22)26-25(21-6-4-5-13-29-21)30-27(37)32(26)18-9-10-20(24(15-18)35-2)31-38(3,33)34/h4-15,25-26,31H,1-3H3,(H,30,37)/t25-,26-/m0/s1. The molecule has 0 bridgehead atoms. The van der Waals surface area contributed by atoms with Crippen LogP contribution >= 0.6 is 23.8 Å². The zero-order chi connectivity index (χ0) is 27.0. The third-order valence-corrected chi connectivity index (χ3v) is 7.38. The predicted octanol–water partition coefficient (Wildman–Crippen LogP) is 5.86. The lowest BCUT2D eigenvalue weighted by Gasteiger charge is -2.27. The number of methoxy groups -OCH3 is 1. The molecule has 2 atom stereocenters. The Hall–Kier alpha value is -3.60. The topological polar surface area (TPSA) is 96.7 Å². The first-order valence-electron chi connectivity index (χ1n) is 11.7. The first-order valence-corrected chi connectivity index (χ1v) is 14.3. The lowest BCUT2D eigenvalue weighted by Crippen LogP contribution is -2.29. The van der Waals surface area contributed by atoms with E-state index in [1.807, 2.05) is 60.4 Å². The third-order valence-electron chi connectivity index (χ3n) is 6.24. The largest absolute Gasteiger partial charge is 0.494 e. The number of aryl methyl sites for hydroxylation is 1. The monoisotopic (exact) mass is 568 g/mol. The van der Waals surface area contributed by atoms with E-state index in [0.717, 1.165) is 23.1 Å². The van der Waals surface area contributed by atoms with E-state index >= 15 is 0 Å². The van der Waals surface area contributed by atoms with Gasteiger partial charge in [-0.1, -0.05) is 23.7 Å². The van der Waals surface area contributed by atoms with Crippen LogP contribution in [0.3, 0.4) is 0 Å². The molecule has 3 heterocycles. The maximum Gasteiger partial charge on any atom is 0.229 e. The van der Waals surface area contributed by atoms with E-state index in [0.29, 0.717) is 38.8 Å². The Labute approximate surface area is 231 Å². The summed E-state index contributed by atoms with van der Waals surface area (Å²) >= 11 is 12.1. The van der Waals surface area contributed by atoms with Crippen LogP contribution in [0, 0.1) is 6.92 Å². The van der Waals surface area contributed by atoms with Crippen molar-refractivity contribution in [2.45, 2.75) is 19.0 Å². The Morgan fingerprint density at radius 1 is 1.13 bits per heavy atom. The summed E-state index contributed by atoms with van der Waals surface area (Å²) in [5.74, 6) is 1.70. The van der Waals surface area contributed by atoms with Crippen LogP contribution in [0.15, 0.2) is 77.3 Å². The number of aromatic nitrogens is 1. The Kier molecular flexibility index (Phi) is 7.04. The summed E-state index contributed by atoms with van der Waals surface area (Å²) < 4.78 is 38.1. The van der Waals surface area contributed by atoms with Gasteiger partial charge in [0.05, 0.1) is 30.8 Å². The van der Waals surface area contributed by atoms with E-state index < -0.39 is 16.1 Å². The van der Waals surface area contributed by atoms with Gasteiger partial charge in [0, 0.05) is 28.5 Å². The van der Waals surface area contributed by atoms with Crippen molar-refractivity contribution in [3.05, 3.63) is 95.0 Å². The zero-order valence-corrected chi connectivity index (χ0v) is 23.2. The van der Waals surface area contributed by atoms with Gasteiger partial charge in [-0.25, -0.2) is 8.42 Å². The summed E-state index contributed by atoms with van der Waals surface area (Å²) in [7, 11) is -2.02. The molecule has 0 saturated carbocycles. The molecular formula is C27H25ClN4O4S2. The van der Waals surface area contributed by atoms with Crippen molar-refractivity contribution >= 4 is 50.3 Å². The van der Waals surface area contributed by atoms with Gasteiger partial charge in [0.25, 0.3) is 0 Å². The van der Waals surface area contributed by atoms with Gasteiger partial charge >= 0.3 is 0 Å². The first kappa shape index (κ1) is 26.0.